The zero-order valence-corrected chi connectivity index (χ0v) is 24.5. The number of aromatic amines is 2. The summed E-state index contributed by atoms with van der Waals surface area (Å²) in [4.78, 5) is 38.9. The molecule has 3 N–H and O–H groups in total. The van der Waals surface area contributed by atoms with Crippen LogP contribution >= 0.6 is 0 Å². The average molecular weight is 614 g/mol. The second kappa shape index (κ2) is 12.1. The molecule has 1 fully saturated rings. The molecule has 0 unspecified atom stereocenters. The van der Waals surface area contributed by atoms with E-state index in [1.807, 2.05) is 6.07 Å². The van der Waals surface area contributed by atoms with Gasteiger partial charge in [0.1, 0.15) is 23.2 Å². The molecule has 1 aliphatic heterocycles. The van der Waals surface area contributed by atoms with Crippen LogP contribution in [0, 0.1) is 5.82 Å². The van der Waals surface area contributed by atoms with E-state index < -0.39 is 40.8 Å². The van der Waals surface area contributed by atoms with Crippen molar-refractivity contribution in [2.75, 3.05) is 36.4 Å². The number of alkyl halides is 3. The standard InChI is InChI=1S/C31H32F4N6O3/c1-30(2,3)44-29(43)41-13-11-40(12-14-41)25-6-4-5-23(26(25)31(33,34)35)39-28(42)21-9-10-22(32)20(16-21)8-7-19-15-24-27(36-17-19)38-18-37-24/h4-6,9-10,15-18H,7-8,11-14H2,1-3H3,(H,39,42)(H,36,37,38)/p+1. The highest BCUT2D eigenvalue weighted by Crippen LogP contribution is 2.42. The second-order valence-corrected chi connectivity index (χ2v) is 11.6. The van der Waals surface area contributed by atoms with Gasteiger partial charge in [0, 0.05) is 31.7 Å². The molecule has 0 radical (unpaired) electrons. The van der Waals surface area contributed by atoms with Crippen molar-refractivity contribution < 1.29 is 36.9 Å². The average Bonchev–Trinajstić information content (AvgIpc) is 3.43. The fourth-order valence-corrected chi connectivity index (χ4v) is 5.10. The molecule has 0 bridgehead atoms. The Morgan fingerprint density at radius 2 is 1.80 bits per heavy atom. The summed E-state index contributed by atoms with van der Waals surface area (Å²) in [5.41, 5.74) is 0.400. The van der Waals surface area contributed by atoms with Crippen molar-refractivity contribution in [2.24, 2.45) is 0 Å². The van der Waals surface area contributed by atoms with E-state index in [1.54, 1.807) is 33.3 Å². The number of piperazine rings is 1. The molecule has 232 valence electrons. The van der Waals surface area contributed by atoms with Gasteiger partial charge >= 0.3 is 12.3 Å². The van der Waals surface area contributed by atoms with E-state index in [-0.39, 0.29) is 49.4 Å². The van der Waals surface area contributed by atoms with Gasteiger partial charge in [-0.3, -0.25) is 9.78 Å². The lowest BCUT2D eigenvalue weighted by molar-refractivity contribution is -0.347. The third-order valence-corrected chi connectivity index (χ3v) is 7.22. The molecule has 9 nitrogen and oxygen atoms in total. The minimum absolute atomic E-state index is 0.0263. The number of fused-ring (bicyclic) bond motifs is 1. The van der Waals surface area contributed by atoms with Crippen LogP contribution in [0.25, 0.3) is 11.2 Å². The SMILES string of the molecule is CC(C)(C)OC(=O)N1CCN(c2cccc(NC(=O)c3ccc(F)c(CCc4cnc5[nH+]c[nH]c5c4)c3)c2C(F)(F)F)CC1. The van der Waals surface area contributed by atoms with Crippen LogP contribution < -0.4 is 15.2 Å². The van der Waals surface area contributed by atoms with Gasteiger partial charge in [-0.25, -0.2) is 14.2 Å². The highest BCUT2D eigenvalue weighted by atomic mass is 19.4. The Labute approximate surface area is 251 Å². The Kier molecular flexibility index (Phi) is 8.49. The molecular weight excluding hydrogens is 580 g/mol. The van der Waals surface area contributed by atoms with Gasteiger partial charge in [-0.1, -0.05) is 6.07 Å². The maximum absolute atomic E-state index is 14.7. The number of benzene rings is 2. The summed E-state index contributed by atoms with van der Waals surface area (Å²) < 4.78 is 63.4. The quantitative estimate of drug-likeness (QED) is 0.275. The molecule has 5 rings (SSSR count). The third-order valence-electron chi connectivity index (χ3n) is 7.22. The van der Waals surface area contributed by atoms with Gasteiger partial charge in [0.15, 0.2) is 11.8 Å². The number of ether oxygens (including phenoxy) is 1. The van der Waals surface area contributed by atoms with Crippen molar-refractivity contribution in [3.8, 4) is 0 Å². The summed E-state index contributed by atoms with van der Waals surface area (Å²) in [7, 11) is 0. The summed E-state index contributed by atoms with van der Waals surface area (Å²) >= 11 is 0. The predicted octanol–water partition coefficient (Wildman–Crippen LogP) is 5.63. The molecule has 1 saturated heterocycles. The molecule has 0 aliphatic carbocycles. The molecule has 44 heavy (non-hydrogen) atoms. The number of aromatic nitrogens is 3. The van der Waals surface area contributed by atoms with E-state index in [1.165, 1.54) is 40.1 Å². The highest BCUT2D eigenvalue weighted by Gasteiger charge is 2.39. The first-order valence-corrected chi connectivity index (χ1v) is 14.1. The van der Waals surface area contributed by atoms with E-state index >= 15 is 0 Å². The lowest BCUT2D eigenvalue weighted by Crippen LogP contribution is -2.50. The van der Waals surface area contributed by atoms with Crippen molar-refractivity contribution in [3.63, 3.8) is 0 Å². The number of H-pyrrole nitrogens is 2. The first kappa shape index (κ1) is 30.8. The Hall–Kier alpha value is -4.68. The summed E-state index contributed by atoms with van der Waals surface area (Å²) in [5, 5.41) is 2.39. The van der Waals surface area contributed by atoms with Crippen LogP contribution in [0.5, 0.6) is 0 Å². The Morgan fingerprint density at radius 3 is 2.50 bits per heavy atom. The van der Waals surface area contributed by atoms with E-state index in [0.717, 1.165) is 17.1 Å². The second-order valence-electron chi connectivity index (χ2n) is 11.6. The molecule has 2 amide bonds. The molecular formula is C31H33F4N6O3+. The minimum atomic E-state index is -4.79. The lowest BCUT2D eigenvalue weighted by atomic mass is 10.0. The molecule has 0 atom stereocenters. The number of halogens is 4. The number of hydrogen-bond donors (Lipinski definition) is 2. The highest BCUT2D eigenvalue weighted by molar-refractivity contribution is 6.05. The first-order valence-electron chi connectivity index (χ1n) is 14.1. The molecule has 1 aliphatic rings. The number of nitrogens with zero attached hydrogens (tertiary/aromatic N) is 3. The zero-order valence-electron chi connectivity index (χ0n) is 24.5. The van der Waals surface area contributed by atoms with Crippen molar-refractivity contribution in [1.82, 2.24) is 14.9 Å². The Morgan fingerprint density at radius 1 is 1.05 bits per heavy atom. The number of rotatable bonds is 6. The number of imidazole rings is 1. The summed E-state index contributed by atoms with van der Waals surface area (Å²) in [6, 6.07) is 9.58. The monoisotopic (exact) mass is 613 g/mol. The number of aryl methyl sites for hydroxylation is 2. The van der Waals surface area contributed by atoms with Gasteiger partial charge in [-0.05, 0) is 81.1 Å². The van der Waals surface area contributed by atoms with Gasteiger partial charge in [0.2, 0.25) is 0 Å². The van der Waals surface area contributed by atoms with Crippen LogP contribution in [0.15, 0.2) is 55.0 Å². The van der Waals surface area contributed by atoms with Crippen LogP contribution in [-0.2, 0) is 23.8 Å². The summed E-state index contributed by atoms with van der Waals surface area (Å²) in [6.07, 6.45) is -1.31. The van der Waals surface area contributed by atoms with Crippen molar-refractivity contribution in [2.45, 2.75) is 45.4 Å². The molecule has 3 heterocycles. The summed E-state index contributed by atoms with van der Waals surface area (Å²) in [5.74, 6) is -1.32. The molecule has 2 aromatic heterocycles. The molecule has 4 aromatic rings. The fourth-order valence-electron chi connectivity index (χ4n) is 5.10. The number of carbonyl (C=O) groups excluding carboxylic acids is 2. The topological polar surface area (TPSA) is 105 Å². The van der Waals surface area contributed by atoms with E-state index in [9.17, 15) is 27.2 Å². The third kappa shape index (κ3) is 7.09. The summed E-state index contributed by atoms with van der Waals surface area (Å²) in [6.45, 7) is 5.86. The van der Waals surface area contributed by atoms with E-state index in [0.29, 0.717) is 12.1 Å². The van der Waals surface area contributed by atoms with Gasteiger partial charge in [0.05, 0.1) is 11.4 Å². The largest absolute Gasteiger partial charge is 0.444 e. The van der Waals surface area contributed by atoms with Crippen LogP contribution in [0.4, 0.5) is 33.7 Å². The minimum Gasteiger partial charge on any atom is -0.444 e. The van der Waals surface area contributed by atoms with Gasteiger partial charge < -0.3 is 19.9 Å². The van der Waals surface area contributed by atoms with Gasteiger partial charge in [-0.15, -0.1) is 4.98 Å². The number of nitrogens with one attached hydrogen (secondary N) is 3. The molecule has 13 heteroatoms. The predicted molar refractivity (Wildman–Crippen MR) is 156 cm³/mol. The van der Waals surface area contributed by atoms with Gasteiger partial charge in [0.25, 0.3) is 11.6 Å². The van der Waals surface area contributed by atoms with Crippen LogP contribution in [0.2, 0.25) is 0 Å². The number of hydrogen-bond acceptors (Lipinski definition) is 5. The first-order chi connectivity index (χ1) is 20.8. The van der Waals surface area contributed by atoms with Crippen LogP contribution in [0.1, 0.15) is 47.8 Å². The van der Waals surface area contributed by atoms with Crippen LogP contribution in [0.3, 0.4) is 0 Å². The number of anilines is 2. The molecule has 0 saturated carbocycles. The number of pyridine rings is 1. The van der Waals surface area contributed by atoms with Gasteiger partial charge in [-0.2, -0.15) is 13.2 Å². The van der Waals surface area contributed by atoms with Crippen LogP contribution in [-0.4, -0.2) is 58.6 Å². The number of carbonyl (C=O) groups is 2. The maximum atomic E-state index is 14.7. The number of amides is 2. The zero-order chi connectivity index (χ0) is 31.6. The fraction of sp³-hybridized carbons (Fsp3) is 0.355. The van der Waals surface area contributed by atoms with Crippen molar-refractivity contribution in [1.29, 1.82) is 0 Å². The molecule has 2 aromatic carbocycles. The lowest BCUT2D eigenvalue weighted by Gasteiger charge is -2.38. The van der Waals surface area contributed by atoms with Crippen molar-refractivity contribution >= 4 is 34.5 Å². The Balaban J connectivity index is 1.31. The van der Waals surface area contributed by atoms with Crippen molar-refractivity contribution in [3.05, 3.63) is 83.1 Å². The molecule has 0 spiro atoms. The van der Waals surface area contributed by atoms with E-state index in [2.05, 4.69) is 20.3 Å². The smallest absolute Gasteiger partial charge is 0.420 e. The van der Waals surface area contributed by atoms with E-state index in [4.69, 9.17) is 4.74 Å². The maximum Gasteiger partial charge on any atom is 0.420 e. The normalized spacial score (nSPS) is 14.2. The Bertz CT molecular complexity index is 1670.